The second kappa shape index (κ2) is 10.8. The molecule has 0 saturated heterocycles. The van der Waals surface area contributed by atoms with E-state index in [0.717, 1.165) is 16.7 Å². The first kappa shape index (κ1) is 25.6. The normalized spacial score (nSPS) is 16.6. The number of nitrogens with one attached hydrogen (secondary N) is 1. The van der Waals surface area contributed by atoms with Gasteiger partial charge < -0.3 is 14.8 Å². The number of amidine groups is 2. The maximum atomic E-state index is 13.5. The van der Waals surface area contributed by atoms with E-state index in [9.17, 15) is 19.7 Å². The summed E-state index contributed by atoms with van der Waals surface area (Å²) in [5.41, 5.74) is 3.05. The van der Waals surface area contributed by atoms with Crippen LogP contribution in [0.2, 0.25) is 0 Å². The van der Waals surface area contributed by atoms with E-state index in [0.29, 0.717) is 40.5 Å². The Bertz CT molecular complexity index is 1590. The number of non-ortho nitro benzene ring substituents is 1. The fraction of sp³-hybridized carbons (Fsp3) is 0.214. The van der Waals surface area contributed by atoms with Gasteiger partial charge in [-0.05, 0) is 41.8 Å². The molecule has 0 aliphatic carbocycles. The van der Waals surface area contributed by atoms with E-state index in [-0.39, 0.29) is 37.1 Å². The minimum Gasteiger partial charge on any atom is -0.454 e. The molecule has 0 unspecified atom stereocenters. The molecule has 0 bridgehead atoms. The third kappa shape index (κ3) is 5.13. The Morgan fingerprint density at radius 2 is 1.93 bits per heavy atom. The van der Waals surface area contributed by atoms with Crippen LogP contribution in [0.15, 0.2) is 76.7 Å². The number of nitro groups is 1. The fourth-order valence-electron chi connectivity index (χ4n) is 4.60. The summed E-state index contributed by atoms with van der Waals surface area (Å²) in [6, 6.07) is 18.6. The van der Waals surface area contributed by atoms with Gasteiger partial charge in [-0.2, -0.15) is 0 Å². The number of carbonyl (C=O) groups excluding carboxylic acids is 2. The summed E-state index contributed by atoms with van der Waals surface area (Å²) >= 11 is 1.31. The lowest BCUT2D eigenvalue weighted by Crippen LogP contribution is -2.41. The Hall–Kier alpha value is -4.71. The van der Waals surface area contributed by atoms with Crippen LogP contribution in [0.3, 0.4) is 0 Å². The molecule has 0 fully saturated rings. The first-order chi connectivity index (χ1) is 19.5. The zero-order chi connectivity index (χ0) is 27.6. The molecular weight excluding hydrogens is 534 g/mol. The van der Waals surface area contributed by atoms with E-state index in [4.69, 9.17) is 19.5 Å². The molecular formula is C28H23N5O6S. The number of hydrogen-bond acceptors (Lipinski definition) is 9. The second-order valence-electron chi connectivity index (χ2n) is 9.27. The summed E-state index contributed by atoms with van der Waals surface area (Å²) in [7, 11) is 0. The van der Waals surface area contributed by atoms with Crippen LogP contribution in [0.1, 0.15) is 29.5 Å². The molecule has 3 aliphatic rings. The number of ether oxygens (including phenoxy) is 2. The first-order valence-electron chi connectivity index (χ1n) is 12.6. The molecule has 1 N–H and O–H groups in total. The Labute approximate surface area is 233 Å². The minimum atomic E-state index is -0.721. The molecule has 40 heavy (non-hydrogen) atoms. The largest absolute Gasteiger partial charge is 0.454 e. The summed E-state index contributed by atoms with van der Waals surface area (Å²) in [4.78, 5) is 47.7. The highest BCUT2D eigenvalue weighted by atomic mass is 32.2. The molecule has 0 saturated carbocycles. The number of benzene rings is 3. The number of para-hydroxylation sites is 1. The molecule has 0 spiro atoms. The highest BCUT2D eigenvalue weighted by molar-refractivity contribution is 8.13. The summed E-state index contributed by atoms with van der Waals surface area (Å²) in [5.74, 6) is 1.77. The van der Waals surface area contributed by atoms with E-state index in [2.05, 4.69) is 5.32 Å². The van der Waals surface area contributed by atoms with Gasteiger partial charge in [0, 0.05) is 36.4 Å². The van der Waals surface area contributed by atoms with Crippen molar-refractivity contribution in [2.75, 3.05) is 6.79 Å². The molecule has 6 rings (SSSR count). The Morgan fingerprint density at radius 1 is 1.07 bits per heavy atom. The number of thioether (sulfide) groups is 1. The van der Waals surface area contributed by atoms with Crippen molar-refractivity contribution in [3.63, 3.8) is 0 Å². The van der Waals surface area contributed by atoms with E-state index >= 15 is 0 Å². The number of nitrogens with zero attached hydrogens (tertiary/aromatic N) is 4. The van der Waals surface area contributed by atoms with Gasteiger partial charge in [-0.15, -0.1) is 0 Å². The lowest BCUT2D eigenvalue weighted by atomic mass is 10.1. The van der Waals surface area contributed by atoms with Crippen molar-refractivity contribution in [1.29, 1.82) is 0 Å². The Balaban J connectivity index is 1.12. The van der Waals surface area contributed by atoms with Crippen LogP contribution in [-0.2, 0) is 21.9 Å². The fourth-order valence-corrected chi connectivity index (χ4v) is 5.55. The average molecular weight is 558 g/mol. The van der Waals surface area contributed by atoms with Crippen LogP contribution in [0, 0.1) is 10.1 Å². The Kier molecular flexibility index (Phi) is 6.91. The predicted molar refractivity (Wildman–Crippen MR) is 149 cm³/mol. The molecule has 3 aromatic carbocycles. The van der Waals surface area contributed by atoms with Crippen LogP contribution < -0.4 is 14.8 Å². The van der Waals surface area contributed by atoms with Crippen molar-refractivity contribution in [3.05, 3.63) is 93.5 Å². The monoisotopic (exact) mass is 557 g/mol. The van der Waals surface area contributed by atoms with Crippen molar-refractivity contribution < 1.29 is 24.0 Å². The lowest BCUT2D eigenvalue weighted by molar-refractivity contribution is -0.384. The number of fused-ring (bicyclic) bond motifs is 4. The van der Waals surface area contributed by atoms with E-state index < -0.39 is 11.0 Å². The van der Waals surface area contributed by atoms with Gasteiger partial charge in [0.2, 0.25) is 12.7 Å². The standard InChI is InChI=1S/C28H23N5O6S/c34-25(29-14-17-8-10-23-24(13-17)39-16-38-23)11-9-22-27(35)32-26(30-22)20-6-1-2-7-21(20)31-28(32)40-15-18-4-3-5-19(12-18)33(36)37/h1-8,10,12-13,22H,9,11,14-16H2,(H,29,34)/t22-/m0/s1. The van der Waals surface area contributed by atoms with Gasteiger partial charge in [0.15, 0.2) is 16.7 Å². The third-order valence-corrected chi connectivity index (χ3v) is 7.62. The van der Waals surface area contributed by atoms with Gasteiger partial charge in [0.05, 0.1) is 10.6 Å². The number of hydrogen-bond donors (Lipinski definition) is 1. The second-order valence-corrected chi connectivity index (χ2v) is 10.2. The molecule has 3 aliphatic heterocycles. The maximum absolute atomic E-state index is 13.5. The van der Waals surface area contributed by atoms with Crippen LogP contribution in [0.25, 0.3) is 0 Å². The molecule has 3 aromatic rings. The van der Waals surface area contributed by atoms with Crippen LogP contribution in [0.5, 0.6) is 11.5 Å². The summed E-state index contributed by atoms with van der Waals surface area (Å²) in [6.07, 6.45) is 0.372. The van der Waals surface area contributed by atoms with Gasteiger partial charge in [0.1, 0.15) is 11.9 Å². The number of rotatable bonds is 8. The topological polar surface area (TPSA) is 136 Å². The molecule has 2 amide bonds. The van der Waals surface area contributed by atoms with E-state index in [1.807, 2.05) is 36.4 Å². The number of carbonyl (C=O) groups is 2. The lowest BCUT2D eigenvalue weighted by Gasteiger charge is -2.25. The van der Waals surface area contributed by atoms with Crippen LogP contribution >= 0.6 is 11.8 Å². The highest BCUT2D eigenvalue weighted by Gasteiger charge is 2.41. The van der Waals surface area contributed by atoms with Gasteiger partial charge in [-0.25, -0.2) is 9.89 Å². The zero-order valence-electron chi connectivity index (χ0n) is 21.1. The summed E-state index contributed by atoms with van der Waals surface area (Å²) < 4.78 is 10.7. The van der Waals surface area contributed by atoms with E-state index in [1.165, 1.54) is 28.8 Å². The quantitative estimate of drug-likeness (QED) is 0.322. The maximum Gasteiger partial charge on any atom is 0.269 e. The zero-order valence-corrected chi connectivity index (χ0v) is 21.9. The molecule has 3 heterocycles. The summed E-state index contributed by atoms with van der Waals surface area (Å²) in [5, 5.41) is 14.5. The van der Waals surface area contributed by atoms with Crippen molar-refractivity contribution >= 4 is 46.0 Å². The van der Waals surface area contributed by atoms with Crippen molar-refractivity contribution in [3.8, 4) is 11.5 Å². The Morgan fingerprint density at radius 3 is 2.80 bits per heavy atom. The SMILES string of the molecule is O=C(CC[C@@H]1N=C2c3ccccc3N=C(SCc3cccc([N+](=O)[O-])c3)N2C1=O)NCc1ccc2c(c1)OCO2. The predicted octanol–water partition coefficient (Wildman–Crippen LogP) is 4.31. The molecule has 0 radical (unpaired) electrons. The molecule has 0 aromatic heterocycles. The van der Waals surface area contributed by atoms with Crippen molar-refractivity contribution in [2.45, 2.75) is 31.2 Å². The average Bonchev–Trinajstić information content (AvgIpc) is 3.58. The third-order valence-electron chi connectivity index (χ3n) is 6.61. The van der Waals surface area contributed by atoms with E-state index in [1.54, 1.807) is 18.2 Å². The number of amides is 2. The molecule has 11 nitrogen and oxygen atoms in total. The van der Waals surface area contributed by atoms with Gasteiger partial charge in [0.25, 0.3) is 11.6 Å². The number of nitro benzene ring substituents is 1. The summed E-state index contributed by atoms with van der Waals surface area (Å²) in [6.45, 7) is 0.511. The van der Waals surface area contributed by atoms with Gasteiger partial charge in [-0.3, -0.25) is 24.7 Å². The number of aliphatic imine (C=N–C) groups is 2. The minimum absolute atomic E-state index is 0.00499. The van der Waals surface area contributed by atoms with Crippen molar-refractivity contribution in [2.24, 2.45) is 9.98 Å². The van der Waals surface area contributed by atoms with Crippen LogP contribution in [0.4, 0.5) is 11.4 Å². The van der Waals surface area contributed by atoms with Crippen LogP contribution in [-0.4, -0.2) is 45.5 Å². The highest BCUT2D eigenvalue weighted by Crippen LogP contribution is 2.35. The van der Waals surface area contributed by atoms with Gasteiger partial charge in [-0.1, -0.05) is 42.1 Å². The smallest absolute Gasteiger partial charge is 0.269 e. The van der Waals surface area contributed by atoms with Gasteiger partial charge >= 0.3 is 0 Å². The molecule has 202 valence electrons. The molecule has 12 heteroatoms. The molecule has 1 atom stereocenters. The van der Waals surface area contributed by atoms with Crippen molar-refractivity contribution in [1.82, 2.24) is 10.2 Å². The first-order valence-corrected chi connectivity index (χ1v) is 13.6.